The third-order valence-electron chi connectivity index (χ3n) is 6.91. The summed E-state index contributed by atoms with van der Waals surface area (Å²) in [4.78, 5) is 0. The average molecular weight is 551 g/mol. The Morgan fingerprint density at radius 2 is 0.829 bits per heavy atom. The van der Waals surface area contributed by atoms with Crippen molar-refractivity contribution in [3.8, 4) is 11.5 Å². The van der Waals surface area contributed by atoms with Gasteiger partial charge in [-0.3, -0.25) is 0 Å². The highest BCUT2D eigenvalue weighted by atomic mass is 16.5. The van der Waals surface area contributed by atoms with Crippen molar-refractivity contribution in [2.45, 2.75) is 25.7 Å². The Labute approximate surface area is 243 Å². The smallest absolute Gasteiger partial charge is 0.138 e. The van der Waals surface area contributed by atoms with Gasteiger partial charge in [0.1, 0.15) is 11.5 Å². The van der Waals surface area contributed by atoms with E-state index in [1.807, 2.05) is 0 Å². The third-order valence-corrected chi connectivity index (χ3v) is 6.91. The molecule has 0 aromatic heterocycles. The predicted molar refractivity (Wildman–Crippen MR) is 167 cm³/mol. The lowest BCUT2D eigenvalue weighted by Gasteiger charge is -2.19. The fourth-order valence-electron chi connectivity index (χ4n) is 4.84. The Bertz CT molecular complexity index is 1380. The minimum absolute atomic E-state index is 0.501. The molecule has 0 radical (unpaired) electrons. The molecule has 41 heavy (non-hydrogen) atoms. The van der Waals surface area contributed by atoms with Crippen LogP contribution in [0.2, 0.25) is 0 Å². The van der Waals surface area contributed by atoms with Crippen molar-refractivity contribution in [3.05, 3.63) is 134 Å². The van der Waals surface area contributed by atoms with Crippen LogP contribution in [0, 0.1) is 0 Å². The number of hydrogen-bond donors (Lipinski definition) is 0. The monoisotopic (exact) mass is 550 g/mol. The molecule has 0 fully saturated rings. The van der Waals surface area contributed by atoms with Gasteiger partial charge in [0.05, 0.1) is 51.5 Å². The zero-order valence-electron chi connectivity index (χ0n) is 23.6. The lowest BCUT2D eigenvalue weighted by molar-refractivity contribution is 0.253. The third kappa shape index (κ3) is 7.73. The van der Waals surface area contributed by atoms with Crippen LogP contribution in [-0.4, -0.2) is 26.4 Å². The number of fused-ring (bicyclic) bond motifs is 2. The van der Waals surface area contributed by atoms with Gasteiger partial charge in [0.25, 0.3) is 0 Å². The summed E-state index contributed by atoms with van der Waals surface area (Å²) in [7, 11) is 0. The summed E-state index contributed by atoms with van der Waals surface area (Å²) < 4.78 is 28.8. The number of rotatable bonds is 18. The molecule has 0 heterocycles. The van der Waals surface area contributed by atoms with Crippen LogP contribution in [-0.2, 0) is 44.6 Å². The average Bonchev–Trinajstić information content (AvgIpc) is 2.99. The largest absolute Gasteiger partial charge is 0.501 e. The fraction of sp³-hybridized carbons (Fsp3) is 0.222. The quantitative estimate of drug-likeness (QED) is 0.0917. The Hall–Kier alpha value is -4.64. The number of ether oxygens (including phenoxy) is 5. The summed E-state index contributed by atoms with van der Waals surface area (Å²) in [5.74, 6) is 1.64. The zero-order chi connectivity index (χ0) is 28.9. The maximum atomic E-state index is 7.03. The molecule has 0 aliphatic carbocycles. The Balaban J connectivity index is 1.85. The van der Waals surface area contributed by atoms with Crippen molar-refractivity contribution in [1.82, 2.24) is 0 Å². The van der Waals surface area contributed by atoms with Crippen molar-refractivity contribution in [1.29, 1.82) is 0 Å². The highest BCUT2D eigenvalue weighted by Gasteiger charge is 2.17. The molecule has 4 aromatic rings. The Kier molecular flexibility index (Phi) is 10.9. The number of benzene rings is 4. The SMILES string of the molecule is C=COCCc1ccc2ccc(CCOC=C)c(Oc3c(CCOC=C)ccc4ccc(CCOC=C)cc34)c2c1. The zero-order valence-corrected chi connectivity index (χ0v) is 23.6. The van der Waals surface area contributed by atoms with Crippen LogP contribution in [0.1, 0.15) is 22.3 Å². The van der Waals surface area contributed by atoms with Crippen molar-refractivity contribution in [2.75, 3.05) is 26.4 Å². The van der Waals surface area contributed by atoms with Gasteiger partial charge in [-0.25, -0.2) is 0 Å². The second kappa shape index (κ2) is 15.2. The molecule has 4 rings (SSSR count). The van der Waals surface area contributed by atoms with E-state index in [4.69, 9.17) is 23.7 Å². The molecule has 0 N–H and O–H groups in total. The van der Waals surface area contributed by atoms with Crippen LogP contribution in [0.3, 0.4) is 0 Å². The van der Waals surface area contributed by atoms with E-state index in [2.05, 4.69) is 87.0 Å². The van der Waals surface area contributed by atoms with Crippen LogP contribution in [0.4, 0.5) is 0 Å². The standard InChI is InChI=1S/C36H38O5/c1-5-37-21-17-27-9-11-29-13-15-31(19-23-39-7-3)35(33(29)25-27)41-36-32(20-24-40-8-4)16-14-30-12-10-28(26-34(30)36)18-22-38-6-2/h5-16,25-26H,1-4,17-24H2. The summed E-state index contributed by atoms with van der Waals surface area (Å²) >= 11 is 0. The van der Waals surface area contributed by atoms with E-state index in [9.17, 15) is 0 Å². The molecule has 0 saturated carbocycles. The van der Waals surface area contributed by atoms with Gasteiger partial charge in [0.2, 0.25) is 0 Å². The molecule has 0 spiro atoms. The van der Waals surface area contributed by atoms with Gasteiger partial charge in [-0.05, 0) is 45.2 Å². The molecule has 0 aliphatic rings. The van der Waals surface area contributed by atoms with E-state index >= 15 is 0 Å². The first-order valence-corrected chi connectivity index (χ1v) is 13.9. The van der Waals surface area contributed by atoms with Crippen molar-refractivity contribution < 1.29 is 23.7 Å². The van der Waals surface area contributed by atoms with Gasteiger partial charge in [-0.2, -0.15) is 0 Å². The summed E-state index contributed by atoms with van der Waals surface area (Å²) in [5.41, 5.74) is 4.43. The maximum absolute atomic E-state index is 7.03. The lowest BCUT2D eigenvalue weighted by Crippen LogP contribution is -2.03. The van der Waals surface area contributed by atoms with E-state index in [0.717, 1.165) is 68.1 Å². The van der Waals surface area contributed by atoms with Crippen molar-refractivity contribution in [3.63, 3.8) is 0 Å². The first kappa shape index (κ1) is 29.3. The summed E-state index contributed by atoms with van der Waals surface area (Å²) in [5, 5.41) is 4.28. The number of hydrogen-bond acceptors (Lipinski definition) is 5. The van der Waals surface area contributed by atoms with Crippen LogP contribution < -0.4 is 4.74 Å². The molecule has 5 nitrogen and oxygen atoms in total. The van der Waals surface area contributed by atoms with E-state index in [0.29, 0.717) is 39.3 Å². The predicted octanol–water partition coefficient (Wildman–Crippen LogP) is 8.60. The minimum Gasteiger partial charge on any atom is -0.501 e. The molecule has 0 bridgehead atoms. The first-order chi connectivity index (χ1) is 20.2. The Morgan fingerprint density at radius 3 is 1.22 bits per heavy atom. The summed E-state index contributed by atoms with van der Waals surface area (Å²) in [6, 6.07) is 21.4. The maximum Gasteiger partial charge on any atom is 0.138 e. The molecular weight excluding hydrogens is 512 g/mol. The lowest BCUT2D eigenvalue weighted by atomic mass is 9.98. The fourth-order valence-corrected chi connectivity index (χ4v) is 4.84. The van der Waals surface area contributed by atoms with E-state index in [-0.39, 0.29) is 0 Å². The van der Waals surface area contributed by atoms with E-state index in [1.165, 1.54) is 25.0 Å². The summed E-state index contributed by atoms with van der Waals surface area (Å²) in [6.45, 7) is 16.8. The van der Waals surface area contributed by atoms with Gasteiger partial charge in [0, 0.05) is 36.5 Å². The van der Waals surface area contributed by atoms with Crippen LogP contribution in [0.25, 0.3) is 21.5 Å². The van der Waals surface area contributed by atoms with Gasteiger partial charge in [-0.1, -0.05) is 74.8 Å². The highest BCUT2D eigenvalue weighted by Crippen LogP contribution is 2.40. The molecule has 4 aromatic carbocycles. The van der Waals surface area contributed by atoms with Crippen LogP contribution >= 0.6 is 0 Å². The Morgan fingerprint density at radius 1 is 0.463 bits per heavy atom. The van der Waals surface area contributed by atoms with Gasteiger partial charge >= 0.3 is 0 Å². The topological polar surface area (TPSA) is 46.2 Å². The van der Waals surface area contributed by atoms with Crippen molar-refractivity contribution in [2.24, 2.45) is 0 Å². The van der Waals surface area contributed by atoms with E-state index in [1.54, 1.807) is 0 Å². The molecule has 0 atom stereocenters. The molecule has 0 aliphatic heterocycles. The second-order valence-corrected chi connectivity index (χ2v) is 9.47. The normalized spacial score (nSPS) is 10.6. The van der Waals surface area contributed by atoms with Gasteiger partial charge in [-0.15, -0.1) is 0 Å². The molecule has 0 unspecified atom stereocenters. The summed E-state index contributed by atoms with van der Waals surface area (Å²) in [6.07, 6.45) is 8.76. The van der Waals surface area contributed by atoms with Crippen LogP contribution in [0.5, 0.6) is 11.5 Å². The molecular formula is C36H38O5. The van der Waals surface area contributed by atoms with Gasteiger partial charge < -0.3 is 23.7 Å². The molecule has 5 heteroatoms. The molecule has 0 amide bonds. The van der Waals surface area contributed by atoms with Crippen LogP contribution in [0.15, 0.2) is 112 Å². The second-order valence-electron chi connectivity index (χ2n) is 9.47. The van der Waals surface area contributed by atoms with Crippen molar-refractivity contribution >= 4 is 21.5 Å². The van der Waals surface area contributed by atoms with E-state index < -0.39 is 0 Å². The van der Waals surface area contributed by atoms with Gasteiger partial charge in [0.15, 0.2) is 0 Å². The molecule has 0 saturated heterocycles. The highest BCUT2D eigenvalue weighted by molar-refractivity contribution is 5.93. The first-order valence-electron chi connectivity index (χ1n) is 13.9. The molecule has 212 valence electrons. The minimum atomic E-state index is 0.501.